The van der Waals surface area contributed by atoms with Crippen LogP contribution < -0.4 is 10.6 Å². The van der Waals surface area contributed by atoms with Gasteiger partial charge in [0.25, 0.3) is 0 Å². The predicted molar refractivity (Wildman–Crippen MR) is 136 cm³/mol. The van der Waals surface area contributed by atoms with Crippen LogP contribution in [0.3, 0.4) is 0 Å². The number of carbonyl (C=O) groups excluding carboxylic acids is 1. The summed E-state index contributed by atoms with van der Waals surface area (Å²) >= 11 is 6.47. The molecule has 2 N–H and O–H groups in total. The van der Waals surface area contributed by atoms with Crippen LogP contribution in [0.2, 0.25) is 5.02 Å². The van der Waals surface area contributed by atoms with Crippen molar-refractivity contribution in [3.05, 3.63) is 41.3 Å². The fourth-order valence-electron chi connectivity index (χ4n) is 4.80. The van der Waals surface area contributed by atoms with Gasteiger partial charge in [-0.3, -0.25) is 4.79 Å². The maximum atomic E-state index is 12.3. The first-order valence-electron chi connectivity index (χ1n) is 12.6. The zero-order chi connectivity index (χ0) is 23.7. The maximum absolute atomic E-state index is 12.3. The molecule has 180 valence electrons. The number of nitrogens with one attached hydrogen (secondary N) is 2. The molecule has 1 aromatic carbocycles. The Morgan fingerprint density at radius 2 is 1.85 bits per heavy atom. The van der Waals surface area contributed by atoms with Gasteiger partial charge in [0.05, 0.1) is 22.3 Å². The van der Waals surface area contributed by atoms with Crippen LogP contribution in [0, 0.1) is 5.92 Å². The van der Waals surface area contributed by atoms with E-state index in [9.17, 15) is 4.79 Å². The molecule has 0 aliphatic heterocycles. The number of aromatic nitrogens is 4. The zero-order valence-electron chi connectivity index (χ0n) is 19.9. The van der Waals surface area contributed by atoms with Crippen molar-refractivity contribution in [2.24, 2.45) is 5.92 Å². The van der Waals surface area contributed by atoms with Crippen LogP contribution in [0.4, 0.5) is 5.82 Å². The average molecular weight is 481 g/mol. The number of para-hydroxylation sites is 1. The highest BCUT2D eigenvalue weighted by Crippen LogP contribution is 2.31. The highest BCUT2D eigenvalue weighted by molar-refractivity contribution is 6.32. The third-order valence-corrected chi connectivity index (χ3v) is 7.79. The summed E-state index contributed by atoms with van der Waals surface area (Å²) in [6.07, 6.45) is 10.0. The quantitative estimate of drug-likeness (QED) is 0.458. The summed E-state index contributed by atoms with van der Waals surface area (Å²) < 4.78 is 1.81. The van der Waals surface area contributed by atoms with Gasteiger partial charge in [0.1, 0.15) is 11.6 Å². The summed E-state index contributed by atoms with van der Waals surface area (Å²) in [6.45, 7) is 4.30. The summed E-state index contributed by atoms with van der Waals surface area (Å²) in [5, 5.41) is 13.1. The van der Waals surface area contributed by atoms with Crippen LogP contribution in [0.1, 0.15) is 77.0 Å². The second-order valence-electron chi connectivity index (χ2n) is 9.81. The van der Waals surface area contributed by atoms with E-state index < -0.39 is 0 Å². The van der Waals surface area contributed by atoms with Crippen LogP contribution in [0.25, 0.3) is 16.7 Å². The van der Waals surface area contributed by atoms with Gasteiger partial charge in [0.15, 0.2) is 5.65 Å². The molecule has 7 nitrogen and oxygen atoms in total. The van der Waals surface area contributed by atoms with Crippen LogP contribution >= 0.6 is 11.6 Å². The minimum absolute atomic E-state index is 0.233. The number of rotatable bonds is 7. The highest BCUT2D eigenvalue weighted by atomic mass is 35.5. The second-order valence-corrected chi connectivity index (χ2v) is 10.2. The lowest BCUT2D eigenvalue weighted by Gasteiger charge is -2.32. The van der Waals surface area contributed by atoms with Gasteiger partial charge < -0.3 is 10.6 Å². The van der Waals surface area contributed by atoms with Crippen LogP contribution in [-0.2, 0) is 4.79 Å². The molecule has 3 aromatic rings. The fourth-order valence-corrected chi connectivity index (χ4v) is 5.02. The lowest BCUT2D eigenvalue weighted by molar-refractivity contribution is -0.128. The van der Waals surface area contributed by atoms with Gasteiger partial charge in [0.2, 0.25) is 5.91 Å². The monoisotopic (exact) mass is 480 g/mol. The molecule has 34 heavy (non-hydrogen) atoms. The van der Waals surface area contributed by atoms with Crippen molar-refractivity contribution < 1.29 is 4.79 Å². The lowest BCUT2D eigenvalue weighted by atomic mass is 9.84. The van der Waals surface area contributed by atoms with E-state index in [0.717, 1.165) is 73.3 Å². The van der Waals surface area contributed by atoms with Crippen LogP contribution in [-0.4, -0.2) is 37.7 Å². The van der Waals surface area contributed by atoms with Crippen molar-refractivity contribution in [2.45, 2.75) is 83.2 Å². The van der Waals surface area contributed by atoms with Crippen LogP contribution in [0.15, 0.2) is 30.5 Å². The largest absolute Gasteiger partial charge is 0.367 e. The molecule has 0 unspecified atom stereocenters. The Hall–Kier alpha value is -2.67. The third kappa shape index (κ3) is 4.63. The van der Waals surface area contributed by atoms with Gasteiger partial charge in [-0.15, -0.1) is 0 Å². The Morgan fingerprint density at radius 3 is 2.53 bits per heavy atom. The van der Waals surface area contributed by atoms with Gasteiger partial charge in [0, 0.05) is 23.9 Å². The van der Waals surface area contributed by atoms with E-state index in [-0.39, 0.29) is 23.8 Å². The first-order chi connectivity index (χ1) is 16.5. The van der Waals surface area contributed by atoms with Gasteiger partial charge in [-0.1, -0.05) is 44.0 Å². The number of hydrogen-bond donors (Lipinski definition) is 2. The second kappa shape index (κ2) is 9.90. The van der Waals surface area contributed by atoms with Crippen molar-refractivity contribution in [2.75, 3.05) is 5.32 Å². The molecule has 0 bridgehead atoms. The van der Waals surface area contributed by atoms with E-state index in [2.05, 4.69) is 29.6 Å². The van der Waals surface area contributed by atoms with Crippen molar-refractivity contribution in [1.29, 1.82) is 0 Å². The minimum Gasteiger partial charge on any atom is -0.367 e. The Balaban J connectivity index is 1.36. The van der Waals surface area contributed by atoms with E-state index in [1.54, 1.807) is 0 Å². The SMILES string of the molecule is CC[C@H](C)c1nc(NC2CCC(NC(=O)C3CCC3)CC2)c2cnn(-c3ccccc3Cl)c2n1. The number of carbonyl (C=O) groups is 1. The number of fused-ring (bicyclic) bond motifs is 1. The predicted octanol–water partition coefficient (Wildman–Crippen LogP) is 5.62. The van der Waals surface area contributed by atoms with Gasteiger partial charge >= 0.3 is 0 Å². The van der Waals surface area contributed by atoms with Crippen molar-refractivity contribution in [3.8, 4) is 5.69 Å². The van der Waals surface area contributed by atoms with E-state index >= 15 is 0 Å². The average Bonchev–Trinajstić information content (AvgIpc) is 3.23. The van der Waals surface area contributed by atoms with Gasteiger partial charge in [-0.25, -0.2) is 14.6 Å². The number of anilines is 1. The molecule has 0 radical (unpaired) electrons. The highest BCUT2D eigenvalue weighted by Gasteiger charge is 2.29. The first-order valence-corrected chi connectivity index (χ1v) is 13.0. The van der Waals surface area contributed by atoms with Crippen molar-refractivity contribution in [1.82, 2.24) is 25.1 Å². The molecule has 2 aliphatic carbocycles. The Bertz CT molecular complexity index is 1170. The van der Waals surface area contributed by atoms with Crippen LogP contribution in [0.5, 0.6) is 0 Å². The fraction of sp³-hybridized carbons (Fsp3) is 0.538. The molecule has 2 aliphatic rings. The molecule has 2 fully saturated rings. The third-order valence-electron chi connectivity index (χ3n) is 7.47. The van der Waals surface area contributed by atoms with Crippen molar-refractivity contribution >= 4 is 34.4 Å². The Morgan fingerprint density at radius 1 is 1.12 bits per heavy atom. The molecule has 2 heterocycles. The standard InChI is InChI=1S/C26H33ClN6O/c1-3-16(2)23-31-24(20-15-28-33(25(20)32-23)22-10-5-4-9-21(22)27)29-18-11-13-19(14-12-18)30-26(34)17-7-6-8-17/h4-5,9-10,15-19H,3,6-8,11-14H2,1-2H3,(H,30,34)(H,29,31,32)/t16-,18?,19?/m0/s1. The zero-order valence-corrected chi connectivity index (χ0v) is 20.7. The molecule has 1 amide bonds. The van der Waals surface area contributed by atoms with E-state index in [1.807, 2.05) is 35.1 Å². The molecule has 5 rings (SSSR count). The van der Waals surface area contributed by atoms with E-state index in [1.165, 1.54) is 6.42 Å². The number of hydrogen-bond acceptors (Lipinski definition) is 5. The number of halogens is 1. The Labute approximate surface area is 205 Å². The van der Waals surface area contributed by atoms with E-state index in [4.69, 9.17) is 21.6 Å². The normalized spacial score (nSPS) is 21.7. The molecule has 2 saturated carbocycles. The number of nitrogens with zero attached hydrogens (tertiary/aromatic N) is 4. The molecule has 8 heteroatoms. The molecular formula is C26H33ClN6O. The number of benzene rings is 1. The number of amides is 1. The summed E-state index contributed by atoms with van der Waals surface area (Å²) in [5.74, 6) is 2.38. The summed E-state index contributed by atoms with van der Waals surface area (Å²) in [7, 11) is 0. The lowest BCUT2D eigenvalue weighted by Crippen LogP contribution is -2.44. The maximum Gasteiger partial charge on any atom is 0.223 e. The minimum atomic E-state index is 0.233. The van der Waals surface area contributed by atoms with Crippen molar-refractivity contribution in [3.63, 3.8) is 0 Å². The summed E-state index contributed by atoms with van der Waals surface area (Å²) in [4.78, 5) is 22.1. The van der Waals surface area contributed by atoms with Gasteiger partial charge in [-0.2, -0.15) is 5.10 Å². The summed E-state index contributed by atoms with van der Waals surface area (Å²) in [5.41, 5.74) is 1.57. The molecule has 1 atom stereocenters. The first kappa shape index (κ1) is 23.1. The van der Waals surface area contributed by atoms with E-state index in [0.29, 0.717) is 11.1 Å². The molecule has 2 aromatic heterocycles. The molecule has 0 saturated heterocycles. The topological polar surface area (TPSA) is 84.7 Å². The Kier molecular flexibility index (Phi) is 6.73. The molecular weight excluding hydrogens is 448 g/mol. The van der Waals surface area contributed by atoms with Gasteiger partial charge in [-0.05, 0) is 57.1 Å². The summed E-state index contributed by atoms with van der Waals surface area (Å²) in [6, 6.07) is 8.27. The smallest absolute Gasteiger partial charge is 0.223 e. The molecule has 0 spiro atoms.